The molecular formula is C61H88O9. The molecule has 0 aliphatic heterocycles. The number of ether oxygens (including phenoxy) is 7. The van der Waals surface area contributed by atoms with Crippen molar-refractivity contribution in [3.8, 4) is 40.2 Å². The number of hydrogen-bond acceptors (Lipinski definition) is 8. The summed E-state index contributed by atoms with van der Waals surface area (Å²) in [7, 11) is 0. The molecule has 0 fully saturated rings. The van der Waals surface area contributed by atoms with E-state index in [2.05, 4.69) is 71.0 Å². The number of fused-ring (bicyclic) bond motifs is 6. The van der Waals surface area contributed by atoms with Gasteiger partial charge >= 0.3 is 5.97 Å². The number of carboxylic acid groups (broad SMARTS) is 1. The van der Waals surface area contributed by atoms with Crippen LogP contribution in [-0.4, -0.2) is 57.3 Å². The van der Waals surface area contributed by atoms with Crippen molar-refractivity contribution in [1.29, 1.82) is 0 Å². The molecule has 5 aromatic rings. The summed E-state index contributed by atoms with van der Waals surface area (Å²) in [5.41, 5.74) is 0.254. The Hall–Kier alpha value is -5.05. The summed E-state index contributed by atoms with van der Waals surface area (Å²) in [5, 5.41) is 15.7. The Balaban J connectivity index is 1.55. The fourth-order valence-corrected chi connectivity index (χ4v) is 8.87. The molecule has 0 unspecified atom stereocenters. The van der Waals surface area contributed by atoms with Crippen LogP contribution in [0.15, 0.2) is 60.7 Å². The van der Waals surface area contributed by atoms with E-state index in [1.807, 2.05) is 0 Å². The molecule has 1 N–H and O–H groups in total. The van der Waals surface area contributed by atoms with Gasteiger partial charge in [-0.1, -0.05) is 131 Å². The van der Waals surface area contributed by atoms with E-state index in [1.54, 1.807) is 24.3 Å². The Labute approximate surface area is 421 Å². The molecular weight excluding hydrogens is 877 g/mol. The topological polar surface area (TPSA) is 102 Å². The number of benzene rings is 5. The molecule has 5 aromatic carbocycles. The normalized spacial score (nSPS) is 11.4. The molecule has 0 aliphatic carbocycles. The third-order valence-electron chi connectivity index (χ3n) is 13.1. The second-order valence-corrected chi connectivity index (χ2v) is 19.0. The van der Waals surface area contributed by atoms with Crippen molar-refractivity contribution >= 4 is 38.3 Å². The molecule has 0 saturated heterocycles. The highest BCUT2D eigenvalue weighted by molar-refractivity contribution is 6.26. The van der Waals surface area contributed by atoms with Gasteiger partial charge in [0.25, 0.3) is 0 Å². The monoisotopic (exact) mass is 965 g/mol. The molecule has 386 valence electrons. The van der Waals surface area contributed by atoms with Crippen LogP contribution in [0.4, 0.5) is 0 Å². The fourth-order valence-electron chi connectivity index (χ4n) is 8.87. The molecule has 0 heterocycles. The van der Waals surface area contributed by atoms with E-state index in [4.69, 9.17) is 33.2 Å². The van der Waals surface area contributed by atoms with Crippen LogP contribution < -0.4 is 33.2 Å². The Morgan fingerprint density at radius 1 is 0.314 bits per heavy atom. The highest BCUT2D eigenvalue weighted by Crippen LogP contribution is 2.47. The van der Waals surface area contributed by atoms with Crippen molar-refractivity contribution in [2.45, 2.75) is 189 Å². The average molecular weight is 965 g/mol. The van der Waals surface area contributed by atoms with Crippen LogP contribution in [0.1, 0.15) is 199 Å². The fraction of sp³-hybridized carbons (Fsp3) is 0.590. The summed E-state index contributed by atoms with van der Waals surface area (Å²) in [6.07, 6.45) is 26.2. The minimum atomic E-state index is -0.940. The Kier molecular flexibility index (Phi) is 26.1. The van der Waals surface area contributed by atoms with E-state index in [0.717, 1.165) is 157 Å². The number of hydrogen-bond donors (Lipinski definition) is 1. The van der Waals surface area contributed by atoms with Gasteiger partial charge in [-0.2, -0.15) is 0 Å². The summed E-state index contributed by atoms with van der Waals surface area (Å²) < 4.78 is 46.0. The van der Waals surface area contributed by atoms with E-state index in [9.17, 15) is 9.90 Å². The molecule has 0 radical (unpaired) electrons. The molecule has 0 aromatic heterocycles. The lowest BCUT2D eigenvalue weighted by molar-refractivity contribution is 0.0696. The predicted molar refractivity (Wildman–Crippen MR) is 290 cm³/mol. The molecule has 70 heavy (non-hydrogen) atoms. The van der Waals surface area contributed by atoms with Gasteiger partial charge in [-0.15, -0.1) is 0 Å². The van der Waals surface area contributed by atoms with Gasteiger partial charge in [0.15, 0.2) is 34.5 Å². The van der Waals surface area contributed by atoms with Crippen LogP contribution in [0.2, 0.25) is 0 Å². The molecule has 0 spiro atoms. The van der Waals surface area contributed by atoms with Gasteiger partial charge in [-0.25, -0.2) is 4.79 Å². The van der Waals surface area contributed by atoms with E-state index in [1.165, 1.54) is 64.2 Å². The highest BCUT2D eigenvalue weighted by Gasteiger charge is 2.21. The minimum Gasteiger partial charge on any atom is -0.494 e. The van der Waals surface area contributed by atoms with E-state index < -0.39 is 5.97 Å². The van der Waals surface area contributed by atoms with Gasteiger partial charge in [0.2, 0.25) is 0 Å². The van der Waals surface area contributed by atoms with Crippen molar-refractivity contribution in [2.75, 3.05) is 46.2 Å². The number of aromatic carboxylic acids is 1. The van der Waals surface area contributed by atoms with Crippen molar-refractivity contribution in [3.63, 3.8) is 0 Å². The lowest BCUT2D eigenvalue weighted by Gasteiger charge is -2.21. The van der Waals surface area contributed by atoms with Crippen molar-refractivity contribution in [2.24, 2.45) is 0 Å². The molecule has 5 rings (SSSR count). The average Bonchev–Trinajstić information content (AvgIpc) is 3.37. The minimum absolute atomic E-state index is 0.254. The molecule has 0 saturated carbocycles. The van der Waals surface area contributed by atoms with Crippen LogP contribution in [-0.2, 0) is 0 Å². The molecule has 0 amide bonds. The van der Waals surface area contributed by atoms with Gasteiger partial charge in [0, 0.05) is 0 Å². The van der Waals surface area contributed by atoms with Crippen molar-refractivity contribution in [3.05, 3.63) is 66.2 Å². The molecule has 0 aliphatic rings. The van der Waals surface area contributed by atoms with E-state index in [0.29, 0.717) is 52.0 Å². The summed E-state index contributed by atoms with van der Waals surface area (Å²) in [5.74, 6) is 4.36. The van der Waals surface area contributed by atoms with E-state index in [-0.39, 0.29) is 5.56 Å². The van der Waals surface area contributed by atoms with Gasteiger partial charge < -0.3 is 38.3 Å². The SMILES string of the molecule is CCCCCCOc1cc2c3cc(OCCCCCC)c(OCCCCCC)cc3c3cc(OCCCCCCOc4ccc(C(=O)O)cc4)c(OCCCCCC)cc3c2cc1OCCCCCC. The zero-order valence-electron chi connectivity index (χ0n) is 43.9. The first-order valence-electron chi connectivity index (χ1n) is 27.7. The zero-order valence-corrected chi connectivity index (χ0v) is 43.9. The maximum Gasteiger partial charge on any atom is 0.335 e. The Bertz CT molecular complexity index is 2200. The van der Waals surface area contributed by atoms with Gasteiger partial charge in [0.1, 0.15) is 5.75 Å². The zero-order chi connectivity index (χ0) is 49.6. The Morgan fingerprint density at radius 2 is 0.529 bits per heavy atom. The summed E-state index contributed by atoms with van der Waals surface area (Å²) in [6.45, 7) is 15.5. The second kappa shape index (κ2) is 32.8. The molecule has 9 heteroatoms. The number of rotatable bonds is 40. The highest BCUT2D eigenvalue weighted by atomic mass is 16.5. The first kappa shape index (κ1) is 55.9. The van der Waals surface area contributed by atoms with Crippen LogP contribution in [0, 0.1) is 0 Å². The summed E-state index contributed by atoms with van der Waals surface area (Å²) >= 11 is 0. The first-order chi connectivity index (χ1) is 34.4. The predicted octanol–water partition coefficient (Wildman–Crippen LogP) is 17.7. The lowest BCUT2D eigenvalue weighted by Crippen LogP contribution is -2.05. The summed E-state index contributed by atoms with van der Waals surface area (Å²) in [4.78, 5) is 11.2. The van der Waals surface area contributed by atoms with Gasteiger partial charge in [-0.05, 0) is 151 Å². The molecule has 9 nitrogen and oxygen atoms in total. The second-order valence-electron chi connectivity index (χ2n) is 19.0. The van der Waals surface area contributed by atoms with Gasteiger partial charge in [0.05, 0.1) is 51.8 Å². The maximum atomic E-state index is 11.2. The number of unbranched alkanes of at least 4 members (excludes halogenated alkanes) is 18. The maximum absolute atomic E-state index is 11.2. The van der Waals surface area contributed by atoms with Crippen LogP contribution in [0.25, 0.3) is 32.3 Å². The number of carboxylic acids is 1. The summed E-state index contributed by atoms with van der Waals surface area (Å²) in [6, 6.07) is 19.8. The third kappa shape index (κ3) is 18.3. The van der Waals surface area contributed by atoms with Crippen LogP contribution >= 0.6 is 0 Å². The smallest absolute Gasteiger partial charge is 0.335 e. The number of carbonyl (C=O) groups is 1. The van der Waals surface area contributed by atoms with Crippen molar-refractivity contribution < 1.29 is 43.1 Å². The van der Waals surface area contributed by atoms with E-state index >= 15 is 0 Å². The standard InChI is InChI=1S/C61H88O9/c1-6-11-16-23-35-65-55-41-49-50-42-56(66-36-24-17-12-7-2)58(68-38-26-19-14-9-4)44-52(50)54-46-60(70-40-29-22-21-28-34-64-48-32-30-47(31-33-48)61(62)63)59(69-39-27-20-15-10-5)45-53(54)51(49)43-57(55)67-37-25-18-13-8-3/h30-33,41-46H,6-29,34-40H2,1-5H3,(H,62,63). The Morgan fingerprint density at radius 3 is 0.743 bits per heavy atom. The largest absolute Gasteiger partial charge is 0.494 e. The van der Waals surface area contributed by atoms with Crippen LogP contribution in [0.3, 0.4) is 0 Å². The molecule has 0 bridgehead atoms. The van der Waals surface area contributed by atoms with Crippen molar-refractivity contribution in [1.82, 2.24) is 0 Å². The van der Waals surface area contributed by atoms with Gasteiger partial charge in [-0.3, -0.25) is 0 Å². The lowest BCUT2D eigenvalue weighted by atomic mass is 9.93. The third-order valence-corrected chi connectivity index (χ3v) is 13.1. The quantitative estimate of drug-likeness (QED) is 0.0304. The van der Waals surface area contributed by atoms with Crippen LogP contribution in [0.5, 0.6) is 40.2 Å². The first-order valence-corrected chi connectivity index (χ1v) is 27.7. The molecule has 0 atom stereocenters.